The molecule has 0 radical (unpaired) electrons. The van der Waals surface area contributed by atoms with Crippen molar-refractivity contribution in [3.05, 3.63) is 51.2 Å². The lowest BCUT2D eigenvalue weighted by molar-refractivity contribution is 0.960. The van der Waals surface area contributed by atoms with E-state index in [1.807, 2.05) is 23.1 Å². The van der Waals surface area contributed by atoms with E-state index in [1.54, 1.807) is 0 Å². The summed E-state index contributed by atoms with van der Waals surface area (Å²) in [4.78, 5) is 4.03. The fraction of sp³-hybridized carbons (Fsp3) is 0.333. The molecule has 0 aliphatic rings. The number of rotatable bonds is 4. The molecule has 3 heteroatoms. The van der Waals surface area contributed by atoms with Crippen molar-refractivity contribution in [3.8, 4) is 0 Å². The van der Waals surface area contributed by atoms with Gasteiger partial charge < -0.3 is 5.73 Å². The number of benzene rings is 1. The van der Waals surface area contributed by atoms with Crippen molar-refractivity contribution in [2.75, 3.05) is 6.54 Å². The van der Waals surface area contributed by atoms with E-state index in [9.17, 15) is 0 Å². The molecule has 2 N–H and O–H groups in total. The summed E-state index contributed by atoms with van der Waals surface area (Å²) < 4.78 is 0. The molecule has 0 spiro atoms. The summed E-state index contributed by atoms with van der Waals surface area (Å²) in [7, 11) is 0. The molecular weight excluding hydrogens is 258 g/mol. The van der Waals surface area contributed by atoms with Gasteiger partial charge in [-0.05, 0) is 56.2 Å². The first-order valence-corrected chi connectivity index (χ1v) is 7.80. The van der Waals surface area contributed by atoms with Gasteiger partial charge in [-0.1, -0.05) is 6.07 Å². The minimum atomic E-state index is 0.366. The van der Waals surface area contributed by atoms with Gasteiger partial charge >= 0.3 is 0 Å². The van der Waals surface area contributed by atoms with Crippen LogP contribution in [0.4, 0.5) is 0 Å². The van der Waals surface area contributed by atoms with Crippen molar-refractivity contribution in [2.45, 2.75) is 30.9 Å². The van der Waals surface area contributed by atoms with Crippen molar-refractivity contribution in [2.24, 2.45) is 5.73 Å². The summed E-state index contributed by atoms with van der Waals surface area (Å²) in [5.41, 5.74) is 8.60. The lowest BCUT2D eigenvalue weighted by Crippen LogP contribution is -2.07. The van der Waals surface area contributed by atoms with Gasteiger partial charge in [0.25, 0.3) is 0 Å². The predicted molar refractivity (Wildman–Crippen MR) is 82.6 cm³/mol. The summed E-state index contributed by atoms with van der Waals surface area (Å²) in [6.07, 6.45) is 0. The molecule has 0 saturated heterocycles. The number of hydrogen-bond donors (Lipinski definition) is 1. The van der Waals surface area contributed by atoms with Crippen LogP contribution in [0.15, 0.2) is 35.2 Å². The summed E-state index contributed by atoms with van der Waals surface area (Å²) in [5, 5.41) is 0.366. The standard InChI is InChI=1S/C15H19NS2/c1-10-4-6-13(8-11(10)2)18-15(9-16)14-7-5-12(3)17-14/h4-8,15H,9,16H2,1-3H3. The highest BCUT2D eigenvalue weighted by Crippen LogP contribution is 2.38. The first-order valence-electron chi connectivity index (χ1n) is 6.10. The molecule has 1 aromatic heterocycles. The Bertz CT molecular complexity index is 531. The van der Waals surface area contributed by atoms with Crippen LogP contribution in [-0.2, 0) is 0 Å². The molecule has 0 fully saturated rings. The van der Waals surface area contributed by atoms with Crippen LogP contribution in [0.5, 0.6) is 0 Å². The lowest BCUT2D eigenvalue weighted by Gasteiger charge is -2.13. The number of thiophene rings is 1. The molecule has 1 aromatic carbocycles. The van der Waals surface area contributed by atoms with E-state index in [1.165, 1.54) is 25.8 Å². The van der Waals surface area contributed by atoms with Gasteiger partial charge in [0, 0.05) is 21.2 Å². The first-order chi connectivity index (χ1) is 8.60. The minimum Gasteiger partial charge on any atom is -0.329 e. The highest BCUT2D eigenvalue weighted by molar-refractivity contribution is 7.99. The Morgan fingerprint density at radius 3 is 2.44 bits per heavy atom. The average molecular weight is 277 g/mol. The van der Waals surface area contributed by atoms with Crippen LogP contribution in [0.3, 0.4) is 0 Å². The largest absolute Gasteiger partial charge is 0.329 e. The zero-order chi connectivity index (χ0) is 13.1. The van der Waals surface area contributed by atoms with Gasteiger partial charge in [-0.3, -0.25) is 0 Å². The van der Waals surface area contributed by atoms with Crippen LogP contribution in [0, 0.1) is 20.8 Å². The third kappa shape index (κ3) is 3.16. The van der Waals surface area contributed by atoms with Gasteiger partial charge in [0.05, 0.1) is 5.25 Å². The quantitative estimate of drug-likeness (QED) is 0.835. The zero-order valence-electron chi connectivity index (χ0n) is 11.1. The molecule has 1 nitrogen and oxygen atoms in total. The van der Waals surface area contributed by atoms with Crippen molar-refractivity contribution in [1.29, 1.82) is 0 Å². The highest BCUT2D eigenvalue weighted by Gasteiger charge is 2.13. The van der Waals surface area contributed by atoms with Crippen LogP contribution in [0.2, 0.25) is 0 Å². The van der Waals surface area contributed by atoms with Crippen molar-refractivity contribution in [1.82, 2.24) is 0 Å². The van der Waals surface area contributed by atoms with Crippen LogP contribution in [0.1, 0.15) is 26.1 Å². The van der Waals surface area contributed by atoms with Gasteiger partial charge in [-0.25, -0.2) is 0 Å². The third-order valence-corrected chi connectivity index (χ3v) is 5.57. The third-order valence-electron chi connectivity index (χ3n) is 3.05. The molecule has 1 heterocycles. The average Bonchev–Trinajstić information content (AvgIpc) is 2.77. The van der Waals surface area contributed by atoms with E-state index in [4.69, 9.17) is 5.73 Å². The molecular formula is C15H19NS2. The molecule has 0 aliphatic carbocycles. The van der Waals surface area contributed by atoms with Crippen LogP contribution in [-0.4, -0.2) is 6.54 Å². The Balaban J connectivity index is 2.17. The minimum absolute atomic E-state index is 0.366. The molecule has 0 bridgehead atoms. The second kappa shape index (κ2) is 5.91. The number of thioether (sulfide) groups is 1. The highest BCUT2D eigenvalue weighted by atomic mass is 32.2. The Labute approximate surface area is 117 Å². The van der Waals surface area contributed by atoms with Crippen molar-refractivity contribution >= 4 is 23.1 Å². The Morgan fingerprint density at radius 2 is 1.89 bits per heavy atom. The second-order valence-corrected chi connectivity index (χ2v) is 7.13. The fourth-order valence-corrected chi connectivity index (χ4v) is 3.97. The SMILES string of the molecule is Cc1ccc(C(CN)Sc2ccc(C)c(C)c2)s1. The normalized spacial score (nSPS) is 12.7. The molecule has 2 aromatic rings. The number of nitrogens with two attached hydrogens (primary N) is 1. The monoisotopic (exact) mass is 277 g/mol. The summed E-state index contributed by atoms with van der Waals surface area (Å²) in [6, 6.07) is 11.0. The maximum absolute atomic E-state index is 5.92. The lowest BCUT2D eigenvalue weighted by atomic mass is 10.1. The summed E-state index contributed by atoms with van der Waals surface area (Å²) in [6.45, 7) is 7.12. The molecule has 0 amide bonds. The van der Waals surface area contributed by atoms with E-state index >= 15 is 0 Å². The topological polar surface area (TPSA) is 26.0 Å². The number of hydrogen-bond acceptors (Lipinski definition) is 3. The predicted octanol–water partition coefficient (Wildman–Crippen LogP) is 4.47. The van der Waals surface area contributed by atoms with Crippen molar-refractivity contribution < 1.29 is 0 Å². The van der Waals surface area contributed by atoms with Gasteiger partial charge in [0.2, 0.25) is 0 Å². The molecule has 1 unspecified atom stereocenters. The summed E-state index contributed by atoms with van der Waals surface area (Å²) in [5.74, 6) is 0. The van der Waals surface area contributed by atoms with Gasteiger partial charge in [0.1, 0.15) is 0 Å². The maximum atomic E-state index is 5.92. The van der Waals surface area contributed by atoms with E-state index in [0.717, 1.165) is 0 Å². The maximum Gasteiger partial charge on any atom is 0.0560 e. The molecule has 1 atom stereocenters. The van der Waals surface area contributed by atoms with Gasteiger partial charge in [-0.2, -0.15) is 0 Å². The van der Waals surface area contributed by atoms with E-state index < -0.39 is 0 Å². The van der Waals surface area contributed by atoms with E-state index in [-0.39, 0.29) is 0 Å². The van der Waals surface area contributed by atoms with Gasteiger partial charge in [-0.15, -0.1) is 23.1 Å². The number of aryl methyl sites for hydroxylation is 3. The van der Waals surface area contributed by atoms with Crippen LogP contribution >= 0.6 is 23.1 Å². The fourth-order valence-electron chi connectivity index (χ4n) is 1.80. The molecule has 18 heavy (non-hydrogen) atoms. The molecule has 0 saturated carbocycles. The smallest absolute Gasteiger partial charge is 0.0560 e. The Morgan fingerprint density at radius 1 is 1.11 bits per heavy atom. The Kier molecular flexibility index (Phi) is 4.49. The van der Waals surface area contributed by atoms with E-state index in [0.29, 0.717) is 11.8 Å². The van der Waals surface area contributed by atoms with Gasteiger partial charge in [0.15, 0.2) is 0 Å². The zero-order valence-corrected chi connectivity index (χ0v) is 12.7. The molecule has 96 valence electrons. The molecule has 0 aliphatic heterocycles. The molecule has 2 rings (SSSR count). The van der Waals surface area contributed by atoms with Crippen molar-refractivity contribution in [3.63, 3.8) is 0 Å². The first kappa shape index (κ1) is 13.7. The second-order valence-electron chi connectivity index (χ2n) is 4.54. The Hall–Kier alpha value is -0.770. The van der Waals surface area contributed by atoms with E-state index in [2.05, 4.69) is 51.1 Å². The van der Waals surface area contributed by atoms with Crippen LogP contribution in [0.25, 0.3) is 0 Å². The summed E-state index contributed by atoms with van der Waals surface area (Å²) >= 11 is 3.71. The van der Waals surface area contributed by atoms with Crippen LogP contribution < -0.4 is 5.73 Å².